The second-order valence-electron chi connectivity index (χ2n) is 4.71. The molecule has 1 aliphatic heterocycles. The lowest BCUT2D eigenvalue weighted by molar-refractivity contribution is 0.234. The van der Waals surface area contributed by atoms with Crippen molar-refractivity contribution in [2.75, 3.05) is 20.1 Å². The van der Waals surface area contributed by atoms with Crippen LogP contribution in [0.4, 0.5) is 0 Å². The van der Waals surface area contributed by atoms with Crippen molar-refractivity contribution in [1.82, 2.24) is 10.2 Å². The molecule has 3 heteroatoms. The molecule has 1 aliphatic rings. The van der Waals surface area contributed by atoms with E-state index in [4.69, 9.17) is 11.6 Å². The Hall–Kier alpha value is -0.570. The van der Waals surface area contributed by atoms with Crippen LogP contribution in [0.15, 0.2) is 24.3 Å². The van der Waals surface area contributed by atoms with Crippen molar-refractivity contribution in [2.45, 2.75) is 31.8 Å². The topological polar surface area (TPSA) is 15.3 Å². The maximum atomic E-state index is 6.30. The van der Waals surface area contributed by atoms with Gasteiger partial charge in [-0.1, -0.05) is 36.7 Å². The largest absolute Gasteiger partial charge is 0.316 e. The lowest BCUT2D eigenvalue weighted by Gasteiger charge is -2.28. The van der Waals surface area contributed by atoms with Crippen LogP contribution in [-0.4, -0.2) is 31.1 Å². The Morgan fingerprint density at radius 1 is 1.47 bits per heavy atom. The Labute approximate surface area is 109 Å². The van der Waals surface area contributed by atoms with Gasteiger partial charge in [0.1, 0.15) is 0 Å². The summed E-state index contributed by atoms with van der Waals surface area (Å²) in [7, 11) is 2.05. The van der Waals surface area contributed by atoms with Gasteiger partial charge in [-0.05, 0) is 31.5 Å². The van der Waals surface area contributed by atoms with Gasteiger partial charge in [-0.15, -0.1) is 0 Å². The Bertz CT molecular complexity index is 367. The Kier molecular flexibility index (Phi) is 4.43. The summed E-state index contributed by atoms with van der Waals surface area (Å²) in [5, 5.41) is 4.26. The van der Waals surface area contributed by atoms with E-state index in [1.54, 1.807) is 0 Å². The predicted octanol–water partition coefficient (Wildman–Crippen LogP) is 3.08. The van der Waals surface area contributed by atoms with Gasteiger partial charge in [0.05, 0.1) is 0 Å². The average molecular weight is 253 g/mol. The van der Waals surface area contributed by atoms with Crippen molar-refractivity contribution in [2.24, 2.45) is 0 Å². The van der Waals surface area contributed by atoms with E-state index in [9.17, 15) is 0 Å². The van der Waals surface area contributed by atoms with Crippen LogP contribution in [-0.2, 0) is 0 Å². The predicted molar refractivity (Wildman–Crippen MR) is 73.5 cm³/mol. The fraction of sp³-hybridized carbons (Fsp3) is 0.571. The highest BCUT2D eigenvalue weighted by Crippen LogP contribution is 2.32. The summed E-state index contributed by atoms with van der Waals surface area (Å²) >= 11 is 6.30. The highest BCUT2D eigenvalue weighted by Gasteiger charge is 2.28. The second kappa shape index (κ2) is 5.85. The molecule has 0 bridgehead atoms. The van der Waals surface area contributed by atoms with Crippen LogP contribution >= 0.6 is 11.6 Å². The first-order valence-electron chi connectivity index (χ1n) is 6.42. The van der Waals surface area contributed by atoms with E-state index in [-0.39, 0.29) is 0 Å². The van der Waals surface area contributed by atoms with Crippen LogP contribution in [0, 0.1) is 0 Å². The summed E-state index contributed by atoms with van der Waals surface area (Å²) in [5.41, 5.74) is 1.27. The van der Waals surface area contributed by atoms with Gasteiger partial charge in [0.2, 0.25) is 0 Å². The third-order valence-electron chi connectivity index (χ3n) is 3.72. The van der Waals surface area contributed by atoms with Gasteiger partial charge in [0.25, 0.3) is 0 Å². The number of halogens is 1. The number of likely N-dealkylation sites (tertiary alicyclic amines) is 1. The van der Waals surface area contributed by atoms with Crippen molar-refractivity contribution in [3.8, 4) is 0 Å². The molecule has 17 heavy (non-hydrogen) atoms. The monoisotopic (exact) mass is 252 g/mol. The minimum Gasteiger partial charge on any atom is -0.316 e. The van der Waals surface area contributed by atoms with E-state index in [1.807, 2.05) is 19.2 Å². The molecule has 1 N–H and O–H groups in total. The molecule has 0 radical (unpaired) electrons. The Morgan fingerprint density at radius 2 is 2.24 bits per heavy atom. The number of nitrogens with zero attached hydrogens (tertiary/aromatic N) is 1. The lowest BCUT2D eigenvalue weighted by atomic mass is 10.0. The summed E-state index contributed by atoms with van der Waals surface area (Å²) in [6.07, 6.45) is 2.34. The van der Waals surface area contributed by atoms with Crippen LogP contribution in [0.3, 0.4) is 0 Å². The molecule has 2 nitrogen and oxygen atoms in total. The molecule has 94 valence electrons. The van der Waals surface area contributed by atoms with E-state index in [0.717, 1.165) is 24.5 Å². The van der Waals surface area contributed by atoms with E-state index in [0.29, 0.717) is 12.1 Å². The summed E-state index contributed by atoms with van der Waals surface area (Å²) in [6, 6.07) is 9.32. The molecule has 1 heterocycles. The summed E-state index contributed by atoms with van der Waals surface area (Å²) in [6.45, 7) is 4.52. The maximum absolute atomic E-state index is 6.30. The lowest BCUT2D eigenvalue weighted by Crippen LogP contribution is -2.32. The third-order valence-corrected chi connectivity index (χ3v) is 4.06. The molecule has 1 saturated heterocycles. The molecule has 0 unspecified atom stereocenters. The van der Waals surface area contributed by atoms with Gasteiger partial charge in [-0.2, -0.15) is 0 Å². The molecule has 2 atom stereocenters. The van der Waals surface area contributed by atoms with Crippen LogP contribution < -0.4 is 5.32 Å². The van der Waals surface area contributed by atoms with Gasteiger partial charge in [-0.3, -0.25) is 4.90 Å². The second-order valence-corrected chi connectivity index (χ2v) is 5.12. The first kappa shape index (κ1) is 12.9. The summed E-state index contributed by atoms with van der Waals surface area (Å²) < 4.78 is 0. The number of nitrogens with one attached hydrogen (secondary N) is 1. The molecule has 1 aromatic rings. The number of benzene rings is 1. The van der Waals surface area contributed by atoms with Crippen LogP contribution in [0.2, 0.25) is 5.02 Å². The molecule has 0 aromatic heterocycles. The van der Waals surface area contributed by atoms with Crippen molar-refractivity contribution in [3.05, 3.63) is 34.9 Å². The maximum Gasteiger partial charge on any atom is 0.0453 e. The molecule has 1 aromatic carbocycles. The zero-order valence-corrected chi connectivity index (χ0v) is 11.4. The minimum absolute atomic E-state index is 0.460. The fourth-order valence-corrected chi connectivity index (χ4v) is 2.99. The SMILES string of the molecule is CC[C@@H](c1ccccc1Cl)N1CC[C@H](NC)C1. The van der Waals surface area contributed by atoms with Gasteiger partial charge in [0.15, 0.2) is 0 Å². The first-order chi connectivity index (χ1) is 8.26. The summed E-state index contributed by atoms with van der Waals surface area (Å²) in [5.74, 6) is 0. The zero-order valence-electron chi connectivity index (χ0n) is 10.6. The van der Waals surface area contributed by atoms with Gasteiger partial charge >= 0.3 is 0 Å². The van der Waals surface area contributed by atoms with Crippen molar-refractivity contribution >= 4 is 11.6 Å². The van der Waals surface area contributed by atoms with E-state index in [1.165, 1.54) is 12.0 Å². The van der Waals surface area contributed by atoms with Crippen molar-refractivity contribution in [3.63, 3.8) is 0 Å². The molecule has 1 fully saturated rings. The Morgan fingerprint density at radius 3 is 2.82 bits per heavy atom. The van der Waals surface area contributed by atoms with Crippen molar-refractivity contribution < 1.29 is 0 Å². The first-order valence-corrected chi connectivity index (χ1v) is 6.79. The quantitative estimate of drug-likeness (QED) is 0.886. The zero-order chi connectivity index (χ0) is 12.3. The molecule has 0 saturated carbocycles. The number of rotatable bonds is 4. The van der Waals surface area contributed by atoms with E-state index in [2.05, 4.69) is 29.3 Å². The van der Waals surface area contributed by atoms with Gasteiger partial charge in [0, 0.05) is 30.2 Å². The normalized spacial score (nSPS) is 22.9. The van der Waals surface area contributed by atoms with Crippen molar-refractivity contribution in [1.29, 1.82) is 0 Å². The standard InChI is InChI=1S/C14H21ClN2/c1-3-14(12-6-4-5-7-13(12)15)17-9-8-11(10-17)16-2/h4-7,11,14,16H,3,8-10H2,1-2H3/t11-,14-/m0/s1. The average Bonchev–Trinajstić information content (AvgIpc) is 2.81. The number of likely N-dealkylation sites (N-methyl/N-ethyl adjacent to an activating group) is 1. The molecule has 2 rings (SSSR count). The third kappa shape index (κ3) is 2.82. The highest BCUT2D eigenvalue weighted by atomic mass is 35.5. The van der Waals surface area contributed by atoms with E-state index < -0.39 is 0 Å². The number of hydrogen-bond donors (Lipinski definition) is 1. The van der Waals surface area contributed by atoms with Crippen LogP contribution in [0.1, 0.15) is 31.4 Å². The molecular formula is C14H21ClN2. The van der Waals surface area contributed by atoms with E-state index >= 15 is 0 Å². The number of hydrogen-bond acceptors (Lipinski definition) is 2. The van der Waals surface area contributed by atoms with Gasteiger partial charge < -0.3 is 5.32 Å². The smallest absolute Gasteiger partial charge is 0.0453 e. The molecule has 0 aliphatic carbocycles. The van der Waals surface area contributed by atoms with Crippen LogP contribution in [0.5, 0.6) is 0 Å². The van der Waals surface area contributed by atoms with Gasteiger partial charge in [-0.25, -0.2) is 0 Å². The Balaban J connectivity index is 2.15. The summed E-state index contributed by atoms with van der Waals surface area (Å²) in [4.78, 5) is 2.54. The molecule has 0 spiro atoms. The van der Waals surface area contributed by atoms with Crippen LogP contribution in [0.25, 0.3) is 0 Å². The fourth-order valence-electron chi connectivity index (χ4n) is 2.73. The highest BCUT2D eigenvalue weighted by molar-refractivity contribution is 6.31. The molecule has 0 amide bonds. The molecular weight excluding hydrogens is 232 g/mol. The minimum atomic E-state index is 0.460.